The Morgan fingerprint density at radius 3 is 2.84 bits per heavy atom. The highest BCUT2D eigenvalue weighted by molar-refractivity contribution is 5.42. The van der Waals surface area contributed by atoms with Crippen LogP contribution in [0.25, 0.3) is 0 Å². The van der Waals surface area contributed by atoms with Gasteiger partial charge in [-0.2, -0.15) is 0 Å². The second-order valence-electron chi connectivity index (χ2n) is 4.34. The first-order chi connectivity index (χ1) is 9.22. The molecule has 0 amide bonds. The average Bonchev–Trinajstić information content (AvgIpc) is 2.43. The molecule has 104 valence electrons. The van der Waals surface area contributed by atoms with E-state index in [1.54, 1.807) is 7.11 Å². The van der Waals surface area contributed by atoms with Crippen LogP contribution in [0.1, 0.15) is 38.3 Å². The molecule has 1 aromatic carbocycles. The van der Waals surface area contributed by atoms with Crippen LogP contribution in [-0.4, -0.2) is 20.3 Å². The molecule has 0 bridgehead atoms. The first kappa shape index (κ1) is 15.4. The zero-order chi connectivity index (χ0) is 14.1. The Kier molecular flexibility index (Phi) is 6.84. The third kappa shape index (κ3) is 4.84. The molecule has 19 heavy (non-hydrogen) atoms. The summed E-state index contributed by atoms with van der Waals surface area (Å²) in [4.78, 5) is 0. The number of methoxy groups -OCH3 is 1. The van der Waals surface area contributed by atoms with Gasteiger partial charge in [0, 0.05) is 24.1 Å². The number of benzene rings is 1. The molecule has 0 aliphatic carbocycles. The topological polar surface area (TPSA) is 30.5 Å². The van der Waals surface area contributed by atoms with Crippen molar-refractivity contribution >= 4 is 0 Å². The molecule has 0 spiro atoms. The fraction of sp³-hybridized carbons (Fsp3) is 0.500. The summed E-state index contributed by atoms with van der Waals surface area (Å²) in [6.45, 7) is 5.76. The van der Waals surface area contributed by atoms with Crippen LogP contribution in [0.2, 0.25) is 0 Å². The van der Waals surface area contributed by atoms with Gasteiger partial charge in [-0.1, -0.05) is 13.0 Å². The van der Waals surface area contributed by atoms with E-state index >= 15 is 0 Å². The summed E-state index contributed by atoms with van der Waals surface area (Å²) in [6.07, 6.45) is 6.84. The van der Waals surface area contributed by atoms with E-state index in [0.717, 1.165) is 36.4 Å². The Morgan fingerprint density at radius 2 is 2.21 bits per heavy atom. The molecule has 1 aromatic rings. The van der Waals surface area contributed by atoms with Gasteiger partial charge in [0.15, 0.2) is 0 Å². The SMILES string of the molecule is C#CCCCOc1cc(OC)ccc1C(C)NCC. The van der Waals surface area contributed by atoms with Crippen molar-refractivity contribution in [3.8, 4) is 23.8 Å². The summed E-state index contributed by atoms with van der Waals surface area (Å²) in [5.41, 5.74) is 1.14. The van der Waals surface area contributed by atoms with Crippen LogP contribution in [0.5, 0.6) is 11.5 Å². The first-order valence-electron chi connectivity index (χ1n) is 6.70. The minimum atomic E-state index is 0.249. The molecule has 0 heterocycles. The van der Waals surface area contributed by atoms with Crippen molar-refractivity contribution < 1.29 is 9.47 Å². The minimum Gasteiger partial charge on any atom is -0.497 e. The van der Waals surface area contributed by atoms with E-state index in [4.69, 9.17) is 15.9 Å². The molecule has 1 rings (SSSR count). The quantitative estimate of drug-likeness (QED) is 0.576. The van der Waals surface area contributed by atoms with Crippen molar-refractivity contribution in [1.29, 1.82) is 0 Å². The molecule has 1 unspecified atom stereocenters. The summed E-state index contributed by atoms with van der Waals surface area (Å²) in [5.74, 6) is 4.29. The molecule has 0 aliphatic rings. The lowest BCUT2D eigenvalue weighted by atomic mass is 10.1. The molecular weight excluding hydrogens is 238 g/mol. The van der Waals surface area contributed by atoms with Crippen LogP contribution in [-0.2, 0) is 0 Å². The fourth-order valence-electron chi connectivity index (χ4n) is 1.90. The second-order valence-corrected chi connectivity index (χ2v) is 4.34. The maximum absolute atomic E-state index is 5.83. The van der Waals surface area contributed by atoms with E-state index in [1.807, 2.05) is 18.2 Å². The summed E-state index contributed by atoms with van der Waals surface area (Å²) >= 11 is 0. The third-order valence-corrected chi connectivity index (χ3v) is 2.92. The van der Waals surface area contributed by atoms with Crippen molar-refractivity contribution in [2.75, 3.05) is 20.3 Å². The second kappa shape index (κ2) is 8.44. The van der Waals surface area contributed by atoms with Crippen LogP contribution in [0, 0.1) is 12.3 Å². The van der Waals surface area contributed by atoms with E-state index in [-0.39, 0.29) is 6.04 Å². The lowest BCUT2D eigenvalue weighted by molar-refractivity contribution is 0.304. The Bertz CT molecular complexity index is 423. The standard InChI is InChI=1S/C16H23NO2/c1-5-7-8-11-19-16-12-14(18-4)9-10-15(16)13(3)17-6-2/h1,9-10,12-13,17H,6-8,11H2,2-4H3. The first-order valence-corrected chi connectivity index (χ1v) is 6.70. The number of unbranched alkanes of at least 4 members (excludes halogenated alkanes) is 1. The zero-order valence-corrected chi connectivity index (χ0v) is 12.0. The number of terminal acetylenes is 1. The zero-order valence-electron chi connectivity index (χ0n) is 12.0. The summed E-state index contributed by atoms with van der Waals surface area (Å²) in [6, 6.07) is 6.18. The van der Waals surface area contributed by atoms with Gasteiger partial charge in [-0.3, -0.25) is 0 Å². The van der Waals surface area contributed by atoms with Crippen LogP contribution < -0.4 is 14.8 Å². The molecule has 0 saturated heterocycles. The Balaban J connectivity index is 2.80. The lowest BCUT2D eigenvalue weighted by Gasteiger charge is -2.18. The van der Waals surface area contributed by atoms with Crippen molar-refractivity contribution in [2.45, 2.75) is 32.7 Å². The fourth-order valence-corrected chi connectivity index (χ4v) is 1.90. The van der Waals surface area contributed by atoms with Gasteiger partial charge in [0.1, 0.15) is 11.5 Å². The molecule has 0 saturated carbocycles. The number of ether oxygens (including phenoxy) is 2. The molecular formula is C16H23NO2. The monoisotopic (exact) mass is 261 g/mol. The van der Waals surface area contributed by atoms with Gasteiger partial charge in [-0.05, 0) is 26.0 Å². The van der Waals surface area contributed by atoms with E-state index < -0.39 is 0 Å². The Hall–Kier alpha value is -1.66. The summed E-state index contributed by atoms with van der Waals surface area (Å²) in [5, 5.41) is 3.39. The van der Waals surface area contributed by atoms with Crippen molar-refractivity contribution in [1.82, 2.24) is 5.32 Å². The van der Waals surface area contributed by atoms with Crippen LogP contribution in [0.15, 0.2) is 18.2 Å². The van der Waals surface area contributed by atoms with E-state index in [2.05, 4.69) is 25.1 Å². The average molecular weight is 261 g/mol. The molecule has 0 aromatic heterocycles. The van der Waals surface area contributed by atoms with Gasteiger partial charge in [0.25, 0.3) is 0 Å². The molecule has 0 radical (unpaired) electrons. The molecule has 1 N–H and O–H groups in total. The predicted octanol–water partition coefficient (Wildman–Crippen LogP) is 3.16. The van der Waals surface area contributed by atoms with E-state index in [1.165, 1.54) is 0 Å². The van der Waals surface area contributed by atoms with E-state index in [9.17, 15) is 0 Å². The van der Waals surface area contributed by atoms with Crippen LogP contribution in [0.3, 0.4) is 0 Å². The maximum atomic E-state index is 5.83. The van der Waals surface area contributed by atoms with Gasteiger partial charge in [-0.25, -0.2) is 0 Å². The number of hydrogen-bond acceptors (Lipinski definition) is 3. The highest BCUT2D eigenvalue weighted by atomic mass is 16.5. The van der Waals surface area contributed by atoms with Crippen LogP contribution in [0.4, 0.5) is 0 Å². The summed E-state index contributed by atoms with van der Waals surface area (Å²) < 4.78 is 11.1. The van der Waals surface area contributed by atoms with Crippen LogP contribution >= 0.6 is 0 Å². The summed E-state index contributed by atoms with van der Waals surface area (Å²) in [7, 11) is 1.66. The third-order valence-electron chi connectivity index (χ3n) is 2.92. The number of nitrogens with one attached hydrogen (secondary N) is 1. The van der Waals surface area contributed by atoms with Gasteiger partial charge in [0.2, 0.25) is 0 Å². The normalized spacial score (nSPS) is 11.7. The minimum absolute atomic E-state index is 0.249. The highest BCUT2D eigenvalue weighted by Gasteiger charge is 2.12. The van der Waals surface area contributed by atoms with Crippen molar-refractivity contribution in [3.63, 3.8) is 0 Å². The molecule has 0 aliphatic heterocycles. The van der Waals surface area contributed by atoms with Gasteiger partial charge < -0.3 is 14.8 Å². The van der Waals surface area contributed by atoms with Gasteiger partial charge in [0.05, 0.1) is 13.7 Å². The smallest absolute Gasteiger partial charge is 0.127 e. The van der Waals surface area contributed by atoms with E-state index in [0.29, 0.717) is 6.61 Å². The highest BCUT2D eigenvalue weighted by Crippen LogP contribution is 2.29. The Morgan fingerprint density at radius 1 is 1.42 bits per heavy atom. The van der Waals surface area contributed by atoms with Gasteiger partial charge >= 0.3 is 0 Å². The molecule has 1 atom stereocenters. The lowest BCUT2D eigenvalue weighted by Crippen LogP contribution is -2.18. The van der Waals surface area contributed by atoms with Crippen molar-refractivity contribution in [3.05, 3.63) is 23.8 Å². The largest absolute Gasteiger partial charge is 0.497 e. The molecule has 0 fully saturated rings. The van der Waals surface area contributed by atoms with Crippen molar-refractivity contribution in [2.24, 2.45) is 0 Å². The molecule has 3 nitrogen and oxygen atoms in total. The molecule has 3 heteroatoms. The predicted molar refractivity (Wildman–Crippen MR) is 78.6 cm³/mol. The number of rotatable bonds is 8. The van der Waals surface area contributed by atoms with Gasteiger partial charge in [-0.15, -0.1) is 12.3 Å². The maximum Gasteiger partial charge on any atom is 0.127 e. The number of hydrogen-bond donors (Lipinski definition) is 1. The Labute approximate surface area is 116 Å².